The van der Waals surface area contributed by atoms with E-state index >= 15 is 0 Å². The van der Waals surface area contributed by atoms with Gasteiger partial charge >= 0.3 is 5.63 Å². The molecule has 0 aliphatic carbocycles. The lowest BCUT2D eigenvalue weighted by molar-refractivity contribution is 0.110. The predicted octanol–water partition coefficient (Wildman–Crippen LogP) is 2.87. The minimum Gasteiger partial charge on any atom is -0.453 e. The molecule has 4 heteroatoms. The van der Waals surface area contributed by atoms with Crippen molar-refractivity contribution in [2.75, 3.05) is 0 Å². The molecule has 0 amide bonds. The van der Waals surface area contributed by atoms with Crippen LogP contribution in [0.15, 0.2) is 56.1 Å². The van der Waals surface area contributed by atoms with Gasteiger partial charge in [0.2, 0.25) is 0 Å². The number of aldehydes is 1. The highest BCUT2D eigenvalue weighted by Crippen LogP contribution is 2.25. The van der Waals surface area contributed by atoms with E-state index in [0.29, 0.717) is 17.6 Å². The molecule has 88 valence electrons. The number of hydrogen-bond acceptors (Lipinski definition) is 4. The van der Waals surface area contributed by atoms with Gasteiger partial charge in [-0.25, -0.2) is 4.79 Å². The molecule has 3 rings (SSSR count). The van der Waals surface area contributed by atoms with Gasteiger partial charge in [0.25, 0.3) is 0 Å². The number of carbonyl (C=O) groups excluding carboxylic acids is 1. The van der Waals surface area contributed by atoms with E-state index in [1.807, 2.05) is 6.07 Å². The SMILES string of the molecule is O=Cc1ccc(-c2ccc3oc(=O)ccc3c2)o1. The van der Waals surface area contributed by atoms with Crippen LogP contribution in [0, 0.1) is 0 Å². The van der Waals surface area contributed by atoms with Gasteiger partial charge in [-0.2, -0.15) is 0 Å². The second-order valence-corrected chi connectivity index (χ2v) is 3.83. The van der Waals surface area contributed by atoms with Crippen molar-refractivity contribution in [3.05, 3.63) is 58.6 Å². The van der Waals surface area contributed by atoms with Crippen LogP contribution in [-0.4, -0.2) is 6.29 Å². The Kier molecular flexibility index (Phi) is 2.34. The van der Waals surface area contributed by atoms with Crippen LogP contribution in [0.4, 0.5) is 0 Å². The molecule has 3 aromatic rings. The van der Waals surface area contributed by atoms with Gasteiger partial charge in [-0.05, 0) is 36.4 Å². The van der Waals surface area contributed by atoms with Crippen LogP contribution >= 0.6 is 0 Å². The van der Waals surface area contributed by atoms with Crippen molar-refractivity contribution in [2.24, 2.45) is 0 Å². The summed E-state index contributed by atoms with van der Waals surface area (Å²) in [4.78, 5) is 21.6. The molecule has 0 fully saturated rings. The van der Waals surface area contributed by atoms with Crippen molar-refractivity contribution in [1.82, 2.24) is 0 Å². The maximum atomic E-state index is 11.1. The maximum absolute atomic E-state index is 11.1. The maximum Gasteiger partial charge on any atom is 0.336 e. The molecule has 0 bridgehead atoms. The van der Waals surface area contributed by atoms with Gasteiger partial charge in [-0.1, -0.05) is 0 Å². The van der Waals surface area contributed by atoms with Gasteiger partial charge < -0.3 is 8.83 Å². The molecule has 0 aliphatic heterocycles. The fraction of sp³-hybridized carbons (Fsp3) is 0. The Bertz CT molecular complexity index is 780. The van der Waals surface area contributed by atoms with Gasteiger partial charge in [-0.3, -0.25) is 4.79 Å². The quantitative estimate of drug-likeness (QED) is 0.510. The van der Waals surface area contributed by atoms with E-state index in [2.05, 4.69) is 0 Å². The zero-order valence-corrected chi connectivity index (χ0v) is 9.25. The zero-order valence-electron chi connectivity index (χ0n) is 9.25. The molecule has 1 aromatic carbocycles. The van der Waals surface area contributed by atoms with E-state index in [9.17, 15) is 9.59 Å². The molecule has 0 N–H and O–H groups in total. The molecule has 2 aromatic heterocycles. The van der Waals surface area contributed by atoms with Crippen LogP contribution in [0.5, 0.6) is 0 Å². The number of rotatable bonds is 2. The summed E-state index contributed by atoms with van der Waals surface area (Å²) in [5.74, 6) is 0.884. The Morgan fingerprint density at radius 2 is 1.83 bits per heavy atom. The minimum atomic E-state index is -0.378. The average molecular weight is 240 g/mol. The molecule has 4 nitrogen and oxygen atoms in total. The molecule has 2 heterocycles. The van der Waals surface area contributed by atoms with Crippen LogP contribution < -0.4 is 5.63 Å². The number of carbonyl (C=O) groups is 1. The first-order valence-corrected chi connectivity index (χ1v) is 5.35. The van der Waals surface area contributed by atoms with E-state index in [1.54, 1.807) is 30.3 Å². The van der Waals surface area contributed by atoms with Crippen molar-refractivity contribution in [1.29, 1.82) is 0 Å². The smallest absolute Gasteiger partial charge is 0.336 e. The molecule has 0 radical (unpaired) electrons. The van der Waals surface area contributed by atoms with Crippen molar-refractivity contribution in [3.63, 3.8) is 0 Å². The number of hydrogen-bond donors (Lipinski definition) is 0. The summed E-state index contributed by atoms with van der Waals surface area (Å²) in [6.45, 7) is 0. The Labute approximate surface area is 101 Å². The third kappa shape index (κ3) is 1.73. The standard InChI is InChI=1S/C14H8O4/c15-8-11-3-5-12(17-11)9-1-4-13-10(7-9)2-6-14(16)18-13/h1-8H. The lowest BCUT2D eigenvalue weighted by atomic mass is 10.1. The molecule has 0 saturated carbocycles. The van der Waals surface area contributed by atoms with E-state index in [1.165, 1.54) is 6.07 Å². The fourth-order valence-corrected chi connectivity index (χ4v) is 1.80. The average Bonchev–Trinajstić information content (AvgIpc) is 2.87. The van der Waals surface area contributed by atoms with E-state index in [-0.39, 0.29) is 11.4 Å². The zero-order chi connectivity index (χ0) is 12.5. The Hall–Kier alpha value is -2.62. The van der Waals surface area contributed by atoms with Crippen LogP contribution in [0.25, 0.3) is 22.3 Å². The first-order chi connectivity index (χ1) is 8.76. The highest BCUT2D eigenvalue weighted by molar-refractivity contribution is 5.82. The molecular formula is C14H8O4. The summed E-state index contributed by atoms with van der Waals surface area (Å²) in [5, 5.41) is 0.802. The van der Waals surface area contributed by atoms with Gasteiger partial charge in [0.05, 0.1) is 0 Å². The largest absolute Gasteiger partial charge is 0.453 e. The van der Waals surface area contributed by atoms with Crippen LogP contribution in [0.1, 0.15) is 10.6 Å². The van der Waals surface area contributed by atoms with Gasteiger partial charge in [-0.15, -0.1) is 0 Å². The van der Waals surface area contributed by atoms with Gasteiger partial charge in [0.1, 0.15) is 11.3 Å². The molecule has 0 saturated heterocycles. The summed E-state index contributed by atoms with van der Waals surface area (Å²) < 4.78 is 10.4. The molecule has 0 atom stereocenters. The molecular weight excluding hydrogens is 232 g/mol. The highest BCUT2D eigenvalue weighted by atomic mass is 16.4. The van der Waals surface area contributed by atoms with Crippen LogP contribution in [0.3, 0.4) is 0 Å². The van der Waals surface area contributed by atoms with Crippen LogP contribution in [-0.2, 0) is 0 Å². The summed E-state index contributed by atoms with van der Waals surface area (Å²) in [6.07, 6.45) is 0.656. The van der Waals surface area contributed by atoms with Crippen molar-refractivity contribution < 1.29 is 13.6 Å². The summed E-state index contributed by atoms with van der Waals surface area (Å²) in [6, 6.07) is 11.7. The number of benzene rings is 1. The Morgan fingerprint density at radius 1 is 0.944 bits per heavy atom. The van der Waals surface area contributed by atoms with Crippen LogP contribution in [0.2, 0.25) is 0 Å². The highest BCUT2D eigenvalue weighted by Gasteiger charge is 2.06. The monoisotopic (exact) mass is 240 g/mol. The Morgan fingerprint density at radius 3 is 2.61 bits per heavy atom. The summed E-state index contributed by atoms with van der Waals surface area (Å²) in [7, 11) is 0. The predicted molar refractivity (Wildman–Crippen MR) is 65.6 cm³/mol. The third-order valence-electron chi connectivity index (χ3n) is 2.65. The first kappa shape index (κ1) is 10.5. The molecule has 18 heavy (non-hydrogen) atoms. The molecule has 0 aliphatic rings. The van der Waals surface area contributed by atoms with E-state index in [0.717, 1.165) is 10.9 Å². The van der Waals surface area contributed by atoms with E-state index < -0.39 is 0 Å². The second-order valence-electron chi connectivity index (χ2n) is 3.83. The van der Waals surface area contributed by atoms with Crippen molar-refractivity contribution >= 4 is 17.3 Å². The minimum absolute atomic E-state index is 0.282. The Balaban J connectivity index is 2.15. The first-order valence-electron chi connectivity index (χ1n) is 5.35. The number of furan rings is 1. The van der Waals surface area contributed by atoms with Gasteiger partial charge in [0.15, 0.2) is 12.0 Å². The second kappa shape index (κ2) is 4.00. The third-order valence-corrected chi connectivity index (χ3v) is 2.65. The molecule has 0 spiro atoms. The number of fused-ring (bicyclic) bond motifs is 1. The van der Waals surface area contributed by atoms with E-state index in [4.69, 9.17) is 8.83 Å². The summed E-state index contributed by atoms with van der Waals surface area (Å²) in [5.41, 5.74) is 0.967. The fourth-order valence-electron chi connectivity index (χ4n) is 1.80. The lowest BCUT2D eigenvalue weighted by Gasteiger charge is -1.99. The van der Waals surface area contributed by atoms with Gasteiger partial charge in [0, 0.05) is 17.0 Å². The topological polar surface area (TPSA) is 60.4 Å². The summed E-state index contributed by atoms with van der Waals surface area (Å²) >= 11 is 0. The van der Waals surface area contributed by atoms with Crippen molar-refractivity contribution in [3.8, 4) is 11.3 Å². The normalized spacial score (nSPS) is 10.7. The van der Waals surface area contributed by atoms with Crippen molar-refractivity contribution in [2.45, 2.75) is 0 Å². The lowest BCUT2D eigenvalue weighted by Crippen LogP contribution is -1.93. The molecule has 0 unspecified atom stereocenters.